The minimum Gasteiger partial charge on any atom is -0.457 e. The molecule has 2 aromatic carbocycles. The van der Waals surface area contributed by atoms with Crippen molar-refractivity contribution in [2.75, 3.05) is 6.54 Å². The molecule has 2 rings (SSSR count). The molecular weight excluding hydrogens is 262 g/mol. The molecule has 0 aliphatic heterocycles. The van der Waals surface area contributed by atoms with Gasteiger partial charge in [-0.15, -0.1) is 0 Å². The van der Waals surface area contributed by atoms with Crippen LogP contribution in [0.2, 0.25) is 0 Å². The topological polar surface area (TPSA) is 41.5 Å². The highest BCUT2D eigenvalue weighted by Gasteiger charge is 2.13. The maximum absolute atomic E-state index is 9.21. The Morgan fingerprint density at radius 3 is 2.62 bits per heavy atom. The zero-order valence-electron chi connectivity index (χ0n) is 12.7. The van der Waals surface area contributed by atoms with Gasteiger partial charge < -0.3 is 15.2 Å². The molecule has 0 amide bonds. The summed E-state index contributed by atoms with van der Waals surface area (Å²) in [4.78, 5) is 0. The molecule has 21 heavy (non-hydrogen) atoms. The van der Waals surface area contributed by atoms with Crippen LogP contribution in [-0.4, -0.2) is 11.7 Å². The van der Waals surface area contributed by atoms with Gasteiger partial charge in [0.05, 0.1) is 6.61 Å². The number of benzene rings is 2. The summed E-state index contributed by atoms with van der Waals surface area (Å²) in [6.45, 7) is 5.22. The van der Waals surface area contributed by atoms with E-state index in [4.69, 9.17) is 4.74 Å². The second-order valence-corrected chi connectivity index (χ2v) is 4.96. The van der Waals surface area contributed by atoms with Crippen LogP contribution in [0.3, 0.4) is 0 Å². The molecule has 2 aromatic rings. The van der Waals surface area contributed by atoms with Gasteiger partial charge >= 0.3 is 0 Å². The summed E-state index contributed by atoms with van der Waals surface area (Å²) in [7, 11) is 0. The zero-order valence-corrected chi connectivity index (χ0v) is 12.7. The summed E-state index contributed by atoms with van der Waals surface area (Å²) >= 11 is 0. The summed E-state index contributed by atoms with van der Waals surface area (Å²) in [5.74, 6) is 1.61. The zero-order chi connectivity index (χ0) is 15.1. The summed E-state index contributed by atoms with van der Waals surface area (Å²) in [6, 6.07) is 15.9. The van der Waals surface area contributed by atoms with Crippen LogP contribution in [0.4, 0.5) is 0 Å². The second kappa shape index (κ2) is 7.81. The van der Waals surface area contributed by atoms with Crippen LogP contribution < -0.4 is 10.1 Å². The highest BCUT2D eigenvalue weighted by molar-refractivity contribution is 5.40. The maximum atomic E-state index is 9.21. The summed E-state index contributed by atoms with van der Waals surface area (Å²) in [6.07, 6.45) is 1.00. The van der Waals surface area contributed by atoms with E-state index in [-0.39, 0.29) is 12.6 Å². The van der Waals surface area contributed by atoms with Crippen LogP contribution in [0.5, 0.6) is 11.5 Å². The van der Waals surface area contributed by atoms with Crippen molar-refractivity contribution in [3.63, 3.8) is 0 Å². The van der Waals surface area contributed by atoms with Crippen LogP contribution >= 0.6 is 0 Å². The third-order valence-corrected chi connectivity index (χ3v) is 3.46. The first-order valence-corrected chi connectivity index (χ1v) is 7.48. The largest absolute Gasteiger partial charge is 0.457 e. The van der Waals surface area contributed by atoms with Gasteiger partial charge in [0, 0.05) is 11.6 Å². The van der Waals surface area contributed by atoms with Gasteiger partial charge in [0.1, 0.15) is 11.5 Å². The summed E-state index contributed by atoms with van der Waals surface area (Å²) in [5, 5.41) is 12.7. The van der Waals surface area contributed by atoms with Gasteiger partial charge in [-0.2, -0.15) is 0 Å². The van der Waals surface area contributed by atoms with Crippen LogP contribution in [0.25, 0.3) is 0 Å². The molecular formula is C18H23NO2. The Morgan fingerprint density at radius 1 is 1.10 bits per heavy atom. The van der Waals surface area contributed by atoms with E-state index in [1.807, 2.05) is 42.5 Å². The van der Waals surface area contributed by atoms with Crippen molar-refractivity contribution in [3.05, 3.63) is 59.7 Å². The summed E-state index contributed by atoms with van der Waals surface area (Å²) in [5.41, 5.74) is 2.01. The Kier molecular flexibility index (Phi) is 5.78. The van der Waals surface area contributed by atoms with Crippen LogP contribution in [0.1, 0.15) is 37.4 Å². The number of aliphatic hydroxyl groups excluding tert-OH is 1. The highest BCUT2D eigenvalue weighted by Crippen LogP contribution is 2.31. The number of ether oxygens (including phenoxy) is 1. The van der Waals surface area contributed by atoms with Gasteiger partial charge in [0.2, 0.25) is 0 Å². The number of hydrogen-bond donors (Lipinski definition) is 2. The normalized spacial score (nSPS) is 12.1. The SMILES string of the molecule is CCNC(CC)c1ccccc1Oc1cccc(CO)c1. The lowest BCUT2D eigenvalue weighted by atomic mass is 10.0. The maximum Gasteiger partial charge on any atom is 0.132 e. The van der Waals surface area contributed by atoms with Gasteiger partial charge in [-0.05, 0) is 36.7 Å². The Bertz CT molecular complexity index is 569. The standard InChI is InChI=1S/C18H23NO2/c1-3-17(19-4-2)16-10-5-6-11-18(16)21-15-9-7-8-14(12-15)13-20/h5-12,17,19-20H,3-4,13H2,1-2H3. The molecule has 1 unspecified atom stereocenters. The van der Waals surface area contributed by atoms with Crippen molar-refractivity contribution >= 4 is 0 Å². The highest BCUT2D eigenvalue weighted by atomic mass is 16.5. The van der Waals surface area contributed by atoms with Gasteiger partial charge in [-0.1, -0.05) is 44.2 Å². The molecule has 2 N–H and O–H groups in total. The van der Waals surface area contributed by atoms with E-state index < -0.39 is 0 Å². The van der Waals surface area contributed by atoms with Crippen molar-refractivity contribution < 1.29 is 9.84 Å². The van der Waals surface area contributed by atoms with E-state index in [9.17, 15) is 5.11 Å². The van der Waals surface area contributed by atoms with E-state index in [1.54, 1.807) is 0 Å². The molecule has 0 heterocycles. The van der Waals surface area contributed by atoms with Gasteiger partial charge in [-0.3, -0.25) is 0 Å². The van der Waals surface area contributed by atoms with E-state index in [2.05, 4.69) is 25.2 Å². The Balaban J connectivity index is 2.27. The Labute approximate surface area is 126 Å². The molecule has 0 bridgehead atoms. The molecule has 0 fully saturated rings. The third-order valence-electron chi connectivity index (χ3n) is 3.46. The van der Waals surface area contributed by atoms with Crippen molar-refractivity contribution in [1.29, 1.82) is 0 Å². The van der Waals surface area contributed by atoms with Gasteiger partial charge in [0.25, 0.3) is 0 Å². The first kappa shape index (κ1) is 15.5. The summed E-state index contributed by atoms with van der Waals surface area (Å²) < 4.78 is 6.03. The fraction of sp³-hybridized carbons (Fsp3) is 0.333. The lowest BCUT2D eigenvalue weighted by Gasteiger charge is -2.20. The first-order chi connectivity index (χ1) is 10.3. The van der Waals surface area contributed by atoms with Gasteiger partial charge in [-0.25, -0.2) is 0 Å². The smallest absolute Gasteiger partial charge is 0.132 e. The molecule has 0 aliphatic carbocycles. The molecule has 112 valence electrons. The van der Waals surface area contributed by atoms with Gasteiger partial charge in [0.15, 0.2) is 0 Å². The van der Waals surface area contributed by atoms with E-state index in [0.29, 0.717) is 0 Å². The molecule has 0 aromatic heterocycles. The van der Waals surface area contributed by atoms with E-state index in [0.717, 1.165) is 35.6 Å². The van der Waals surface area contributed by atoms with Crippen LogP contribution in [-0.2, 0) is 6.61 Å². The predicted octanol–water partition coefficient (Wildman–Crippen LogP) is 4.03. The fourth-order valence-corrected chi connectivity index (χ4v) is 2.42. The molecule has 0 radical (unpaired) electrons. The molecule has 3 heteroatoms. The minimum atomic E-state index is 0.0216. The van der Waals surface area contributed by atoms with Crippen LogP contribution in [0.15, 0.2) is 48.5 Å². The molecule has 0 spiro atoms. The Hall–Kier alpha value is -1.84. The lowest BCUT2D eigenvalue weighted by Crippen LogP contribution is -2.20. The van der Waals surface area contributed by atoms with Crippen LogP contribution in [0, 0.1) is 0 Å². The Morgan fingerprint density at radius 2 is 1.90 bits per heavy atom. The number of hydrogen-bond acceptors (Lipinski definition) is 3. The number of para-hydroxylation sites is 1. The fourth-order valence-electron chi connectivity index (χ4n) is 2.42. The molecule has 3 nitrogen and oxygen atoms in total. The minimum absolute atomic E-state index is 0.0216. The lowest BCUT2D eigenvalue weighted by molar-refractivity contribution is 0.281. The molecule has 0 saturated carbocycles. The first-order valence-electron chi connectivity index (χ1n) is 7.48. The molecule has 1 atom stereocenters. The quantitative estimate of drug-likeness (QED) is 0.807. The number of aliphatic hydroxyl groups is 1. The predicted molar refractivity (Wildman–Crippen MR) is 85.6 cm³/mol. The van der Waals surface area contributed by atoms with Crippen molar-refractivity contribution in [3.8, 4) is 11.5 Å². The van der Waals surface area contributed by atoms with Crippen molar-refractivity contribution in [2.45, 2.75) is 32.9 Å². The monoisotopic (exact) mass is 285 g/mol. The average Bonchev–Trinajstić information content (AvgIpc) is 2.53. The molecule has 0 aliphatic rings. The van der Waals surface area contributed by atoms with E-state index >= 15 is 0 Å². The number of rotatable bonds is 7. The molecule has 0 saturated heterocycles. The number of nitrogens with one attached hydrogen (secondary N) is 1. The van der Waals surface area contributed by atoms with Crippen molar-refractivity contribution in [1.82, 2.24) is 5.32 Å². The third kappa shape index (κ3) is 4.06. The second-order valence-electron chi connectivity index (χ2n) is 4.96. The van der Waals surface area contributed by atoms with Crippen molar-refractivity contribution in [2.24, 2.45) is 0 Å². The average molecular weight is 285 g/mol. The van der Waals surface area contributed by atoms with E-state index in [1.165, 1.54) is 0 Å².